The van der Waals surface area contributed by atoms with Gasteiger partial charge in [0.2, 0.25) is 0 Å². The van der Waals surface area contributed by atoms with Crippen LogP contribution in [0.5, 0.6) is 5.75 Å². The van der Waals surface area contributed by atoms with Crippen LogP contribution in [0.2, 0.25) is 0 Å². The minimum absolute atomic E-state index is 0.00579. The Labute approximate surface area is 94.0 Å². The molecule has 6 heteroatoms. The fourth-order valence-corrected chi connectivity index (χ4v) is 1.32. The molecule has 0 aliphatic heterocycles. The van der Waals surface area contributed by atoms with E-state index in [1.807, 2.05) is 6.92 Å². The van der Waals surface area contributed by atoms with Crippen molar-refractivity contribution >= 4 is 7.12 Å². The minimum atomic E-state index is -1.61. The van der Waals surface area contributed by atoms with Crippen molar-refractivity contribution in [2.45, 2.75) is 19.4 Å². The number of halogens is 1. The van der Waals surface area contributed by atoms with Crippen LogP contribution in [0.15, 0.2) is 18.2 Å². The van der Waals surface area contributed by atoms with Crippen molar-refractivity contribution in [3.8, 4) is 5.75 Å². The molecule has 0 aliphatic rings. The van der Waals surface area contributed by atoms with Gasteiger partial charge in [0, 0.05) is 6.04 Å². The Morgan fingerprint density at radius 1 is 1.50 bits per heavy atom. The Balaban J connectivity index is 2.74. The van der Waals surface area contributed by atoms with Crippen LogP contribution >= 0.6 is 0 Å². The number of hydrogen-bond donors (Lipinski definition) is 3. The number of hydrogen-bond acceptors (Lipinski definition) is 4. The van der Waals surface area contributed by atoms with Gasteiger partial charge >= 0.3 is 7.12 Å². The van der Waals surface area contributed by atoms with E-state index in [-0.39, 0.29) is 18.3 Å². The summed E-state index contributed by atoms with van der Waals surface area (Å²) in [6, 6.07) is 4.39. The smallest absolute Gasteiger partial charge is 0.491 e. The molecule has 0 fully saturated rings. The fraction of sp³-hybridized carbons (Fsp3) is 0.400. The fourth-order valence-electron chi connectivity index (χ4n) is 1.32. The number of nitrogens with two attached hydrogens (primary N) is 1. The summed E-state index contributed by atoms with van der Waals surface area (Å²) in [7, 11) is -1.61. The van der Waals surface area contributed by atoms with Crippen LogP contribution in [-0.4, -0.2) is 29.7 Å². The summed E-state index contributed by atoms with van der Waals surface area (Å²) in [5.41, 5.74) is 6.47. The molecule has 0 bridgehead atoms. The molecule has 0 radical (unpaired) electrons. The Hall–Kier alpha value is -1.11. The third-order valence-electron chi connectivity index (χ3n) is 1.94. The maximum atomic E-state index is 13.2. The highest BCUT2D eigenvalue weighted by Crippen LogP contribution is 2.19. The molecule has 88 valence electrons. The molecule has 1 rings (SSSR count). The lowest BCUT2D eigenvalue weighted by Crippen LogP contribution is -2.22. The van der Waals surface area contributed by atoms with E-state index in [0.29, 0.717) is 6.42 Å². The third-order valence-corrected chi connectivity index (χ3v) is 1.94. The van der Waals surface area contributed by atoms with Gasteiger partial charge in [0.1, 0.15) is 6.51 Å². The van der Waals surface area contributed by atoms with Crippen molar-refractivity contribution in [2.24, 2.45) is 5.73 Å². The first-order valence-electron chi connectivity index (χ1n) is 5.02. The number of ether oxygens (including phenoxy) is 1. The third kappa shape index (κ3) is 4.18. The molecule has 1 atom stereocenters. The van der Waals surface area contributed by atoms with E-state index < -0.39 is 12.9 Å². The van der Waals surface area contributed by atoms with E-state index >= 15 is 0 Å². The largest absolute Gasteiger partial charge is 0.493 e. The number of rotatable bonds is 5. The molecule has 0 unspecified atom stereocenters. The molecule has 0 amide bonds. The van der Waals surface area contributed by atoms with Gasteiger partial charge in [-0.15, -0.1) is 0 Å². The molecular weight excluding hydrogens is 212 g/mol. The summed E-state index contributed by atoms with van der Waals surface area (Å²) in [5.74, 6) is -0.527. The van der Waals surface area contributed by atoms with Gasteiger partial charge in [0.25, 0.3) is 0 Å². The summed E-state index contributed by atoms with van der Waals surface area (Å²) >= 11 is 0. The maximum absolute atomic E-state index is 13.2. The topological polar surface area (TPSA) is 75.7 Å². The van der Waals surface area contributed by atoms with Crippen molar-refractivity contribution in [3.05, 3.63) is 29.6 Å². The van der Waals surface area contributed by atoms with Gasteiger partial charge in [-0.2, -0.15) is 0 Å². The zero-order valence-corrected chi connectivity index (χ0v) is 9.06. The highest BCUT2D eigenvalue weighted by molar-refractivity contribution is 6.40. The summed E-state index contributed by atoms with van der Waals surface area (Å²) in [5, 5.41) is 17.2. The highest BCUT2D eigenvalue weighted by Gasteiger charge is 2.11. The van der Waals surface area contributed by atoms with Crippen molar-refractivity contribution in [1.29, 1.82) is 0 Å². The van der Waals surface area contributed by atoms with Crippen molar-refractivity contribution in [3.63, 3.8) is 0 Å². The molecule has 1 aromatic rings. The van der Waals surface area contributed by atoms with Gasteiger partial charge < -0.3 is 20.5 Å². The van der Waals surface area contributed by atoms with E-state index in [1.165, 1.54) is 12.1 Å². The molecule has 4 N–H and O–H groups in total. The van der Waals surface area contributed by atoms with Gasteiger partial charge in [-0.1, -0.05) is 6.07 Å². The van der Waals surface area contributed by atoms with E-state index in [4.69, 9.17) is 20.5 Å². The second-order valence-corrected chi connectivity index (χ2v) is 3.74. The van der Waals surface area contributed by atoms with Crippen LogP contribution in [0, 0.1) is 5.82 Å². The molecule has 0 saturated heterocycles. The second kappa shape index (κ2) is 5.84. The first kappa shape index (κ1) is 13.0. The normalized spacial score (nSPS) is 12.3. The van der Waals surface area contributed by atoms with Gasteiger partial charge in [-0.05, 0) is 31.0 Å². The molecule has 0 spiro atoms. The van der Waals surface area contributed by atoms with Gasteiger partial charge in [0.05, 0.1) is 0 Å². The standard InChI is InChI=1S/C10H15BFNO3/c1-7(13)4-8-2-3-9(12)10(5-8)16-6-11(14)15/h2-3,5,7,14-15H,4,6,13H2,1H3/t7-/m1/s1. The summed E-state index contributed by atoms with van der Waals surface area (Å²) in [4.78, 5) is 0. The van der Waals surface area contributed by atoms with Gasteiger partial charge in [0.15, 0.2) is 11.6 Å². The predicted octanol–water partition coefficient (Wildman–Crippen LogP) is 0.106. The van der Waals surface area contributed by atoms with Crippen LogP contribution in [0.1, 0.15) is 12.5 Å². The lowest BCUT2D eigenvalue weighted by atomic mass is 9.95. The van der Waals surface area contributed by atoms with Crippen LogP contribution in [0.4, 0.5) is 4.39 Å². The van der Waals surface area contributed by atoms with E-state index in [9.17, 15) is 4.39 Å². The zero-order valence-electron chi connectivity index (χ0n) is 9.06. The molecule has 0 aromatic heterocycles. The Bertz CT molecular complexity index is 347. The second-order valence-electron chi connectivity index (χ2n) is 3.74. The van der Waals surface area contributed by atoms with Gasteiger partial charge in [-0.3, -0.25) is 0 Å². The first-order valence-corrected chi connectivity index (χ1v) is 5.02. The molecule has 0 saturated carbocycles. The minimum Gasteiger partial charge on any atom is -0.493 e. The summed E-state index contributed by atoms with van der Waals surface area (Å²) in [6.45, 7) is 1.49. The lowest BCUT2D eigenvalue weighted by Gasteiger charge is -2.10. The maximum Gasteiger partial charge on any atom is 0.491 e. The van der Waals surface area contributed by atoms with Gasteiger partial charge in [-0.25, -0.2) is 4.39 Å². The van der Waals surface area contributed by atoms with E-state index in [1.54, 1.807) is 6.07 Å². The Morgan fingerprint density at radius 2 is 2.19 bits per heavy atom. The van der Waals surface area contributed by atoms with E-state index in [2.05, 4.69) is 0 Å². The van der Waals surface area contributed by atoms with Crippen molar-refractivity contribution < 1.29 is 19.2 Å². The lowest BCUT2D eigenvalue weighted by molar-refractivity contribution is 0.296. The van der Waals surface area contributed by atoms with Crippen LogP contribution in [-0.2, 0) is 6.42 Å². The van der Waals surface area contributed by atoms with E-state index in [0.717, 1.165) is 5.56 Å². The van der Waals surface area contributed by atoms with Crippen molar-refractivity contribution in [2.75, 3.05) is 6.51 Å². The molecule has 0 heterocycles. The zero-order chi connectivity index (χ0) is 12.1. The average Bonchev–Trinajstić information content (AvgIpc) is 2.18. The highest BCUT2D eigenvalue weighted by atomic mass is 19.1. The van der Waals surface area contributed by atoms with Crippen LogP contribution < -0.4 is 10.5 Å². The monoisotopic (exact) mass is 227 g/mol. The molecule has 16 heavy (non-hydrogen) atoms. The molecule has 0 aliphatic carbocycles. The first-order chi connectivity index (χ1) is 7.49. The Morgan fingerprint density at radius 3 is 2.75 bits per heavy atom. The summed E-state index contributed by atoms with van der Waals surface area (Å²) in [6.07, 6.45) is 0.609. The average molecular weight is 227 g/mol. The summed E-state index contributed by atoms with van der Waals surface area (Å²) < 4.78 is 18.1. The quantitative estimate of drug-likeness (QED) is 0.624. The number of benzene rings is 1. The Kier molecular flexibility index (Phi) is 4.73. The molecular formula is C10H15BFNO3. The SMILES string of the molecule is C[C@@H](N)Cc1ccc(F)c(OCB(O)O)c1. The predicted molar refractivity (Wildman–Crippen MR) is 59.4 cm³/mol. The molecule has 4 nitrogen and oxygen atoms in total. The van der Waals surface area contributed by atoms with Crippen LogP contribution in [0.3, 0.4) is 0 Å². The molecule has 1 aromatic carbocycles. The van der Waals surface area contributed by atoms with Crippen molar-refractivity contribution in [1.82, 2.24) is 0 Å². The van der Waals surface area contributed by atoms with Crippen LogP contribution in [0.25, 0.3) is 0 Å².